The Morgan fingerprint density at radius 3 is 2.60 bits per heavy atom. The predicted molar refractivity (Wildman–Crippen MR) is 85.4 cm³/mol. The fourth-order valence-corrected chi connectivity index (χ4v) is 4.03. The summed E-state index contributed by atoms with van der Waals surface area (Å²) in [6, 6.07) is 5.63. The van der Waals surface area contributed by atoms with Crippen LogP contribution in [0.1, 0.15) is 57.3 Å². The number of rotatable bonds is 3. The maximum atomic E-state index is 11.4. The quantitative estimate of drug-likeness (QED) is 0.704. The Kier molecular flexibility index (Phi) is 4.58. The lowest BCUT2D eigenvalue weighted by molar-refractivity contribution is 0.0562. The van der Waals surface area contributed by atoms with Crippen LogP contribution in [-0.2, 0) is 0 Å². The fourth-order valence-electron chi connectivity index (χ4n) is 3.40. The topological polar surface area (TPSA) is 26.3 Å². The van der Waals surface area contributed by atoms with Crippen LogP contribution in [0.4, 0.5) is 0 Å². The highest BCUT2D eigenvalue weighted by molar-refractivity contribution is 9.10. The van der Waals surface area contributed by atoms with Gasteiger partial charge in [0, 0.05) is 10.0 Å². The number of carbonyl (C=O) groups is 1. The molecule has 0 aliphatic heterocycles. The van der Waals surface area contributed by atoms with Crippen LogP contribution in [0.15, 0.2) is 22.7 Å². The molecule has 0 spiro atoms. The van der Waals surface area contributed by atoms with E-state index in [-0.39, 0.29) is 11.9 Å². The van der Waals surface area contributed by atoms with Crippen LogP contribution in [0.25, 0.3) is 0 Å². The van der Waals surface area contributed by atoms with Crippen LogP contribution >= 0.6 is 15.9 Å². The Hall–Kier alpha value is -0.830. The van der Waals surface area contributed by atoms with Crippen molar-refractivity contribution in [2.24, 2.45) is 11.3 Å². The summed E-state index contributed by atoms with van der Waals surface area (Å²) in [6.07, 6.45) is 3.72. The van der Waals surface area contributed by atoms with Gasteiger partial charge >= 0.3 is 0 Å². The van der Waals surface area contributed by atoms with Crippen molar-refractivity contribution in [1.82, 2.24) is 0 Å². The molecule has 20 heavy (non-hydrogen) atoms. The zero-order valence-corrected chi connectivity index (χ0v) is 14.3. The van der Waals surface area contributed by atoms with Crippen molar-refractivity contribution in [2.45, 2.75) is 53.1 Å². The molecule has 1 saturated carbocycles. The van der Waals surface area contributed by atoms with Crippen molar-refractivity contribution in [1.29, 1.82) is 0 Å². The zero-order chi connectivity index (χ0) is 14.9. The fraction of sp³-hybridized carbons (Fsp3) is 0.588. The lowest BCUT2D eigenvalue weighted by Crippen LogP contribution is -2.34. The average molecular weight is 339 g/mol. The van der Waals surface area contributed by atoms with Gasteiger partial charge in [-0.25, -0.2) is 0 Å². The summed E-state index contributed by atoms with van der Waals surface area (Å²) in [5.74, 6) is 1.61. The van der Waals surface area contributed by atoms with E-state index in [1.807, 2.05) is 18.2 Å². The third kappa shape index (κ3) is 3.85. The van der Waals surface area contributed by atoms with Crippen LogP contribution in [0, 0.1) is 11.3 Å². The van der Waals surface area contributed by atoms with Crippen molar-refractivity contribution >= 4 is 21.7 Å². The summed E-state index contributed by atoms with van der Waals surface area (Å²) < 4.78 is 6.95. The van der Waals surface area contributed by atoms with E-state index in [0.717, 1.165) is 23.1 Å². The van der Waals surface area contributed by atoms with Gasteiger partial charge in [0.15, 0.2) is 5.78 Å². The molecule has 2 nitrogen and oxygen atoms in total. The Morgan fingerprint density at radius 1 is 1.35 bits per heavy atom. The second-order valence-corrected chi connectivity index (χ2v) is 7.71. The van der Waals surface area contributed by atoms with Gasteiger partial charge in [0.1, 0.15) is 5.75 Å². The standard InChI is InChI=1S/C17H23BrO2/c1-11-7-14(10-17(3,4)9-11)20-13-5-6-15(12(2)19)16(18)8-13/h5-6,8,11,14H,7,9-10H2,1-4H3. The van der Waals surface area contributed by atoms with Gasteiger partial charge in [-0.15, -0.1) is 0 Å². The van der Waals surface area contributed by atoms with E-state index in [0.29, 0.717) is 16.9 Å². The second kappa shape index (κ2) is 5.88. The first-order valence-electron chi connectivity index (χ1n) is 7.24. The van der Waals surface area contributed by atoms with Gasteiger partial charge in [0.05, 0.1) is 6.10 Å². The van der Waals surface area contributed by atoms with Crippen molar-refractivity contribution < 1.29 is 9.53 Å². The first kappa shape index (κ1) is 15.6. The average Bonchev–Trinajstić information content (AvgIpc) is 2.25. The van der Waals surface area contributed by atoms with E-state index in [1.54, 1.807) is 6.92 Å². The molecule has 0 radical (unpaired) electrons. The molecule has 1 aromatic rings. The molecule has 1 aliphatic carbocycles. The summed E-state index contributed by atoms with van der Waals surface area (Å²) in [6.45, 7) is 8.50. The molecule has 1 aromatic carbocycles. The molecule has 2 unspecified atom stereocenters. The summed E-state index contributed by atoms with van der Waals surface area (Å²) in [5, 5.41) is 0. The first-order chi connectivity index (χ1) is 9.27. The number of halogens is 1. The van der Waals surface area contributed by atoms with E-state index in [2.05, 4.69) is 36.7 Å². The SMILES string of the molecule is CC(=O)c1ccc(OC2CC(C)CC(C)(C)C2)cc1Br. The summed E-state index contributed by atoms with van der Waals surface area (Å²) in [5.41, 5.74) is 1.05. The molecular weight excluding hydrogens is 316 g/mol. The number of hydrogen-bond donors (Lipinski definition) is 0. The number of benzene rings is 1. The number of Topliss-reactive ketones (excluding diaryl/α,β-unsaturated/α-hetero) is 1. The molecule has 0 aromatic heterocycles. The molecule has 3 heteroatoms. The minimum absolute atomic E-state index is 0.0656. The largest absolute Gasteiger partial charge is 0.490 e. The molecule has 2 atom stereocenters. The van der Waals surface area contributed by atoms with Gasteiger partial charge in [-0.05, 0) is 71.6 Å². The molecule has 0 N–H and O–H groups in total. The van der Waals surface area contributed by atoms with E-state index in [1.165, 1.54) is 6.42 Å². The van der Waals surface area contributed by atoms with E-state index >= 15 is 0 Å². The van der Waals surface area contributed by atoms with Crippen LogP contribution in [-0.4, -0.2) is 11.9 Å². The smallest absolute Gasteiger partial charge is 0.160 e. The van der Waals surface area contributed by atoms with Gasteiger partial charge in [-0.3, -0.25) is 4.79 Å². The summed E-state index contributed by atoms with van der Waals surface area (Å²) in [4.78, 5) is 11.4. The van der Waals surface area contributed by atoms with E-state index in [4.69, 9.17) is 4.74 Å². The number of hydrogen-bond acceptors (Lipinski definition) is 2. The van der Waals surface area contributed by atoms with E-state index in [9.17, 15) is 4.79 Å². The molecule has 110 valence electrons. The Balaban J connectivity index is 2.10. The zero-order valence-electron chi connectivity index (χ0n) is 12.7. The highest BCUT2D eigenvalue weighted by atomic mass is 79.9. The maximum absolute atomic E-state index is 11.4. The van der Waals surface area contributed by atoms with Crippen LogP contribution < -0.4 is 4.74 Å². The second-order valence-electron chi connectivity index (χ2n) is 6.85. The van der Waals surface area contributed by atoms with Gasteiger partial charge in [0.2, 0.25) is 0 Å². The van der Waals surface area contributed by atoms with Crippen molar-refractivity contribution in [3.05, 3.63) is 28.2 Å². The van der Waals surface area contributed by atoms with Crippen molar-refractivity contribution in [2.75, 3.05) is 0 Å². The first-order valence-corrected chi connectivity index (χ1v) is 8.03. The highest BCUT2D eigenvalue weighted by Crippen LogP contribution is 2.40. The molecular formula is C17H23BrO2. The molecule has 1 fully saturated rings. The Labute approximate surface area is 130 Å². The third-order valence-electron chi connectivity index (χ3n) is 3.97. The Morgan fingerprint density at radius 2 is 2.05 bits per heavy atom. The molecule has 2 rings (SSSR count). The van der Waals surface area contributed by atoms with E-state index < -0.39 is 0 Å². The highest BCUT2D eigenvalue weighted by Gasteiger charge is 2.33. The van der Waals surface area contributed by atoms with Gasteiger partial charge < -0.3 is 4.74 Å². The van der Waals surface area contributed by atoms with Gasteiger partial charge in [-0.1, -0.05) is 20.8 Å². The normalized spacial score (nSPS) is 25.2. The minimum atomic E-state index is 0.0656. The number of carbonyl (C=O) groups excluding carboxylic acids is 1. The van der Waals surface area contributed by atoms with Crippen LogP contribution in [0.5, 0.6) is 5.75 Å². The lowest BCUT2D eigenvalue weighted by atomic mass is 9.71. The molecule has 1 aliphatic rings. The molecule has 0 bridgehead atoms. The maximum Gasteiger partial charge on any atom is 0.160 e. The lowest BCUT2D eigenvalue weighted by Gasteiger charge is -2.38. The van der Waals surface area contributed by atoms with Crippen molar-refractivity contribution in [3.8, 4) is 5.75 Å². The minimum Gasteiger partial charge on any atom is -0.490 e. The van der Waals surface area contributed by atoms with Crippen LogP contribution in [0.3, 0.4) is 0 Å². The summed E-state index contributed by atoms with van der Waals surface area (Å²) in [7, 11) is 0. The third-order valence-corrected chi connectivity index (χ3v) is 4.63. The predicted octanol–water partition coefficient (Wildman–Crippen LogP) is 5.25. The molecule has 0 amide bonds. The monoisotopic (exact) mass is 338 g/mol. The number of ketones is 1. The number of ether oxygens (including phenoxy) is 1. The van der Waals surface area contributed by atoms with Crippen molar-refractivity contribution in [3.63, 3.8) is 0 Å². The summed E-state index contributed by atoms with van der Waals surface area (Å²) >= 11 is 3.45. The van der Waals surface area contributed by atoms with Crippen LogP contribution in [0.2, 0.25) is 0 Å². The Bertz CT molecular complexity index is 508. The van der Waals surface area contributed by atoms with Gasteiger partial charge in [-0.2, -0.15) is 0 Å². The molecule has 0 heterocycles. The van der Waals surface area contributed by atoms with Gasteiger partial charge in [0.25, 0.3) is 0 Å². The molecule has 0 saturated heterocycles.